The molecule has 4 aromatic rings. The Morgan fingerprint density at radius 3 is 2.35 bits per heavy atom. The number of thiophene rings is 1. The van der Waals surface area contributed by atoms with Gasteiger partial charge >= 0.3 is 0 Å². The summed E-state index contributed by atoms with van der Waals surface area (Å²) in [5.74, 6) is 2.45. The molecule has 1 N–H and O–H groups in total. The quantitative estimate of drug-likeness (QED) is 0.555. The van der Waals surface area contributed by atoms with Gasteiger partial charge in [0.25, 0.3) is 0 Å². The zero-order valence-corrected chi connectivity index (χ0v) is 15.4. The molecule has 0 aliphatic carbocycles. The van der Waals surface area contributed by atoms with Crippen molar-refractivity contribution < 1.29 is 14.2 Å². The minimum atomic E-state index is 0.550. The van der Waals surface area contributed by atoms with E-state index in [1.165, 1.54) is 4.70 Å². The number of anilines is 2. The lowest BCUT2D eigenvalue weighted by atomic mass is 10.2. The van der Waals surface area contributed by atoms with Crippen molar-refractivity contribution in [2.45, 2.75) is 0 Å². The van der Waals surface area contributed by atoms with Crippen LogP contribution in [0.2, 0.25) is 0 Å². The average molecular weight is 367 g/mol. The van der Waals surface area contributed by atoms with Crippen molar-refractivity contribution in [3.05, 3.63) is 42.7 Å². The van der Waals surface area contributed by atoms with Gasteiger partial charge in [-0.25, -0.2) is 9.97 Å². The van der Waals surface area contributed by atoms with Gasteiger partial charge in [-0.15, -0.1) is 11.3 Å². The lowest BCUT2D eigenvalue weighted by Crippen LogP contribution is -1.99. The highest BCUT2D eigenvalue weighted by Gasteiger charge is 2.16. The minimum absolute atomic E-state index is 0.550. The SMILES string of the molecule is COc1cc(Nc2ncnc3sc4ccccc4c23)cc(OC)c1OC. The number of benzene rings is 2. The molecule has 2 heterocycles. The van der Waals surface area contributed by atoms with E-state index in [0.717, 1.165) is 27.1 Å². The van der Waals surface area contributed by atoms with Crippen LogP contribution >= 0.6 is 11.3 Å². The number of methoxy groups -OCH3 is 3. The number of nitrogens with one attached hydrogen (secondary N) is 1. The fourth-order valence-electron chi connectivity index (χ4n) is 2.94. The zero-order chi connectivity index (χ0) is 18.1. The van der Waals surface area contributed by atoms with Gasteiger partial charge in [-0.05, 0) is 6.07 Å². The zero-order valence-electron chi connectivity index (χ0n) is 14.6. The molecule has 0 radical (unpaired) electrons. The van der Waals surface area contributed by atoms with Crippen molar-refractivity contribution >= 4 is 43.1 Å². The molecule has 0 fully saturated rings. The molecule has 0 amide bonds. The third-order valence-corrected chi connectivity index (χ3v) is 5.18. The van der Waals surface area contributed by atoms with Crippen LogP contribution in [0.25, 0.3) is 20.3 Å². The maximum Gasteiger partial charge on any atom is 0.203 e. The predicted octanol–water partition coefficient (Wildman–Crippen LogP) is 4.61. The minimum Gasteiger partial charge on any atom is -0.493 e. The summed E-state index contributed by atoms with van der Waals surface area (Å²) in [6, 6.07) is 11.9. The monoisotopic (exact) mass is 367 g/mol. The summed E-state index contributed by atoms with van der Waals surface area (Å²) in [6.45, 7) is 0. The van der Waals surface area contributed by atoms with Gasteiger partial charge in [0.2, 0.25) is 5.75 Å². The van der Waals surface area contributed by atoms with E-state index in [0.29, 0.717) is 17.2 Å². The van der Waals surface area contributed by atoms with E-state index in [9.17, 15) is 0 Å². The van der Waals surface area contributed by atoms with E-state index in [4.69, 9.17) is 14.2 Å². The highest BCUT2D eigenvalue weighted by molar-refractivity contribution is 7.25. The van der Waals surface area contributed by atoms with Crippen molar-refractivity contribution in [1.82, 2.24) is 9.97 Å². The topological polar surface area (TPSA) is 65.5 Å². The number of ether oxygens (including phenoxy) is 3. The molecule has 0 aliphatic heterocycles. The van der Waals surface area contributed by atoms with Crippen molar-refractivity contribution in [1.29, 1.82) is 0 Å². The molecule has 0 unspecified atom stereocenters. The summed E-state index contributed by atoms with van der Waals surface area (Å²) >= 11 is 1.65. The largest absolute Gasteiger partial charge is 0.493 e. The van der Waals surface area contributed by atoms with Crippen molar-refractivity contribution in [3.63, 3.8) is 0 Å². The Labute approximate surface area is 154 Å². The van der Waals surface area contributed by atoms with Crippen molar-refractivity contribution in [2.24, 2.45) is 0 Å². The van der Waals surface area contributed by atoms with Gasteiger partial charge in [-0.3, -0.25) is 0 Å². The summed E-state index contributed by atoms with van der Waals surface area (Å²) in [4.78, 5) is 9.80. The van der Waals surface area contributed by atoms with Crippen LogP contribution < -0.4 is 19.5 Å². The molecule has 2 aromatic carbocycles. The smallest absolute Gasteiger partial charge is 0.203 e. The summed E-state index contributed by atoms with van der Waals surface area (Å²) in [5.41, 5.74) is 0.787. The lowest BCUT2D eigenvalue weighted by molar-refractivity contribution is 0.324. The molecule has 132 valence electrons. The number of fused-ring (bicyclic) bond motifs is 3. The van der Waals surface area contributed by atoms with E-state index >= 15 is 0 Å². The van der Waals surface area contributed by atoms with Gasteiger partial charge in [0, 0.05) is 27.9 Å². The first-order chi connectivity index (χ1) is 12.7. The van der Waals surface area contributed by atoms with Crippen LogP contribution in [-0.4, -0.2) is 31.3 Å². The summed E-state index contributed by atoms with van der Waals surface area (Å²) in [6.07, 6.45) is 1.57. The van der Waals surface area contributed by atoms with Gasteiger partial charge in [0.05, 0.1) is 26.7 Å². The predicted molar refractivity (Wildman–Crippen MR) is 104 cm³/mol. The molecule has 7 heteroatoms. The summed E-state index contributed by atoms with van der Waals surface area (Å²) < 4.78 is 17.4. The van der Waals surface area contributed by atoms with Crippen LogP contribution in [0.15, 0.2) is 42.7 Å². The maximum atomic E-state index is 5.42. The number of hydrogen-bond acceptors (Lipinski definition) is 7. The van der Waals surface area contributed by atoms with Crippen LogP contribution in [0.5, 0.6) is 17.2 Å². The fraction of sp³-hybridized carbons (Fsp3) is 0.158. The van der Waals surface area contributed by atoms with E-state index in [1.54, 1.807) is 39.0 Å². The Kier molecular flexibility index (Phi) is 4.22. The van der Waals surface area contributed by atoms with Gasteiger partial charge in [0.1, 0.15) is 17.0 Å². The van der Waals surface area contributed by atoms with E-state index in [-0.39, 0.29) is 0 Å². The Hall–Kier alpha value is -3.06. The Bertz CT molecular complexity index is 1070. The lowest BCUT2D eigenvalue weighted by Gasteiger charge is -2.15. The first kappa shape index (κ1) is 16.4. The number of rotatable bonds is 5. The molecule has 6 nitrogen and oxygen atoms in total. The number of hydrogen-bond donors (Lipinski definition) is 1. The Morgan fingerprint density at radius 2 is 1.65 bits per heavy atom. The molecule has 0 aliphatic rings. The Morgan fingerprint density at radius 1 is 0.923 bits per heavy atom. The average Bonchev–Trinajstić information content (AvgIpc) is 3.06. The molecule has 0 saturated heterocycles. The van der Waals surface area contributed by atoms with Crippen LogP contribution in [-0.2, 0) is 0 Å². The second kappa shape index (κ2) is 6.68. The van der Waals surface area contributed by atoms with Crippen molar-refractivity contribution in [2.75, 3.05) is 26.6 Å². The molecule has 0 spiro atoms. The highest BCUT2D eigenvalue weighted by Crippen LogP contribution is 2.42. The first-order valence-corrected chi connectivity index (χ1v) is 8.76. The van der Waals surface area contributed by atoms with E-state index < -0.39 is 0 Å². The molecule has 0 atom stereocenters. The molecule has 0 saturated carbocycles. The maximum absolute atomic E-state index is 5.42. The molecule has 4 rings (SSSR count). The molecule has 26 heavy (non-hydrogen) atoms. The molecule has 0 bridgehead atoms. The second-order valence-electron chi connectivity index (χ2n) is 5.54. The van der Waals surface area contributed by atoms with Crippen LogP contribution in [0.1, 0.15) is 0 Å². The first-order valence-electron chi connectivity index (χ1n) is 7.94. The third kappa shape index (κ3) is 2.66. The van der Waals surface area contributed by atoms with Gasteiger partial charge in [0.15, 0.2) is 11.5 Å². The molecular formula is C19H17N3O3S. The van der Waals surface area contributed by atoms with E-state index in [2.05, 4.69) is 27.4 Å². The number of nitrogens with zero attached hydrogens (tertiary/aromatic N) is 2. The molecule has 2 aromatic heterocycles. The Balaban J connectivity index is 1.85. The normalized spacial score (nSPS) is 10.9. The second-order valence-corrected chi connectivity index (χ2v) is 6.57. The van der Waals surface area contributed by atoms with Crippen LogP contribution in [0.3, 0.4) is 0 Å². The summed E-state index contributed by atoms with van der Waals surface area (Å²) in [5, 5.41) is 5.50. The summed E-state index contributed by atoms with van der Waals surface area (Å²) in [7, 11) is 4.77. The van der Waals surface area contributed by atoms with E-state index in [1.807, 2.05) is 24.3 Å². The standard InChI is InChI=1S/C19H17N3O3S/c1-23-13-8-11(9-14(24-2)17(13)25-3)22-18-16-12-6-4-5-7-15(12)26-19(16)21-10-20-18/h4-10H,1-3H3,(H,20,21,22). The fourth-order valence-corrected chi connectivity index (χ4v) is 3.98. The molecular weight excluding hydrogens is 350 g/mol. The van der Waals surface area contributed by atoms with Crippen molar-refractivity contribution in [3.8, 4) is 17.2 Å². The third-order valence-electron chi connectivity index (χ3n) is 4.10. The van der Waals surface area contributed by atoms with Gasteiger partial charge < -0.3 is 19.5 Å². The van der Waals surface area contributed by atoms with Gasteiger partial charge in [-0.2, -0.15) is 0 Å². The number of aromatic nitrogens is 2. The highest BCUT2D eigenvalue weighted by atomic mass is 32.1. The van der Waals surface area contributed by atoms with Gasteiger partial charge in [-0.1, -0.05) is 18.2 Å². The van der Waals surface area contributed by atoms with Crippen LogP contribution in [0.4, 0.5) is 11.5 Å². The van der Waals surface area contributed by atoms with Crippen LogP contribution in [0, 0.1) is 0 Å².